The minimum absolute atomic E-state index is 0.285. The number of carbonyl (C=O) groups excluding carboxylic acids is 2. The zero-order chi connectivity index (χ0) is 17.1. The lowest BCUT2D eigenvalue weighted by atomic mass is 9.94. The number of amides is 3. The average Bonchev–Trinajstić information content (AvgIpc) is 3.22. The van der Waals surface area contributed by atoms with Gasteiger partial charge in [-0.2, -0.15) is 5.26 Å². The molecular weight excluding hydrogens is 306 g/mol. The van der Waals surface area contributed by atoms with Crippen molar-refractivity contribution in [2.24, 2.45) is 5.41 Å². The number of hydrogen-bond donors (Lipinski definition) is 2. The zero-order valence-corrected chi connectivity index (χ0v) is 13.2. The molecule has 2 rings (SSSR count). The Morgan fingerprint density at radius 1 is 1.30 bits per heavy atom. The van der Waals surface area contributed by atoms with Gasteiger partial charge in [-0.15, -0.1) is 0 Å². The van der Waals surface area contributed by atoms with Crippen molar-refractivity contribution in [3.63, 3.8) is 0 Å². The van der Waals surface area contributed by atoms with Crippen LogP contribution in [0.25, 0.3) is 0 Å². The molecule has 2 fully saturated rings. The predicted molar refractivity (Wildman–Crippen MR) is 78.7 cm³/mol. The van der Waals surface area contributed by atoms with Gasteiger partial charge in [0.1, 0.15) is 12.6 Å². The van der Waals surface area contributed by atoms with Crippen LogP contribution in [0, 0.1) is 16.7 Å². The third-order valence-electron chi connectivity index (χ3n) is 4.59. The van der Waals surface area contributed by atoms with E-state index in [1.54, 1.807) is 11.0 Å². The number of hydrogen-bond acceptors (Lipinski definition) is 3. The second kappa shape index (κ2) is 6.69. The van der Waals surface area contributed by atoms with Crippen molar-refractivity contribution in [2.75, 3.05) is 19.6 Å². The number of likely N-dealkylation sites (tertiary alicyclic amines) is 1. The molecule has 3 amide bonds. The molecule has 2 aliphatic rings. The summed E-state index contributed by atoms with van der Waals surface area (Å²) < 4.78 is 26.5. The van der Waals surface area contributed by atoms with E-state index in [2.05, 4.69) is 10.6 Å². The Labute approximate surface area is 134 Å². The van der Waals surface area contributed by atoms with Gasteiger partial charge in [-0.3, -0.25) is 4.79 Å². The summed E-state index contributed by atoms with van der Waals surface area (Å²) in [5.41, 5.74) is 0.400. The molecule has 23 heavy (non-hydrogen) atoms. The van der Waals surface area contributed by atoms with Gasteiger partial charge >= 0.3 is 6.03 Å². The smallest absolute Gasteiger partial charge is 0.318 e. The summed E-state index contributed by atoms with van der Waals surface area (Å²) in [6.45, 7) is 1.58. The quantitative estimate of drug-likeness (QED) is 0.752. The lowest BCUT2D eigenvalue weighted by Gasteiger charge is -2.33. The van der Waals surface area contributed by atoms with Gasteiger partial charge < -0.3 is 15.5 Å². The molecule has 0 aromatic rings. The fourth-order valence-electron chi connectivity index (χ4n) is 2.92. The Morgan fingerprint density at radius 2 is 1.91 bits per heavy atom. The monoisotopic (exact) mass is 328 g/mol. The lowest BCUT2D eigenvalue weighted by Crippen LogP contribution is -2.54. The molecule has 128 valence electrons. The molecule has 1 unspecified atom stereocenters. The summed E-state index contributed by atoms with van der Waals surface area (Å²) in [6, 6.07) is -0.146. The lowest BCUT2D eigenvalue weighted by molar-refractivity contribution is -0.125. The standard InChI is InChI=1S/C15H22F2N4O2/c1-14(16,17)10-11(12(22)19-7-6-18)20-13(23)21-8-4-15(2-3-15)5-9-21/h11H,2-5,7-10H2,1H3,(H,19,22)(H,20,23). The maximum atomic E-state index is 13.2. The van der Waals surface area contributed by atoms with E-state index in [1.165, 1.54) is 12.8 Å². The molecule has 0 aromatic carbocycles. The molecule has 1 aliphatic carbocycles. The summed E-state index contributed by atoms with van der Waals surface area (Å²) in [5, 5.41) is 13.1. The van der Waals surface area contributed by atoms with Crippen LogP contribution < -0.4 is 10.6 Å². The van der Waals surface area contributed by atoms with Gasteiger partial charge in [0.25, 0.3) is 0 Å². The number of nitriles is 1. The van der Waals surface area contributed by atoms with Gasteiger partial charge in [0.15, 0.2) is 0 Å². The van der Waals surface area contributed by atoms with Crippen LogP contribution in [0.4, 0.5) is 13.6 Å². The minimum Gasteiger partial charge on any atom is -0.341 e. The van der Waals surface area contributed by atoms with Gasteiger partial charge in [0.05, 0.1) is 6.07 Å². The van der Waals surface area contributed by atoms with Crippen LogP contribution in [0.2, 0.25) is 0 Å². The second-order valence-corrected chi connectivity index (χ2v) is 6.64. The second-order valence-electron chi connectivity index (χ2n) is 6.64. The van der Waals surface area contributed by atoms with E-state index in [1.807, 2.05) is 0 Å². The van der Waals surface area contributed by atoms with E-state index in [0.717, 1.165) is 12.8 Å². The Bertz CT molecular complexity index is 499. The van der Waals surface area contributed by atoms with E-state index >= 15 is 0 Å². The highest BCUT2D eigenvalue weighted by Gasteiger charge is 2.45. The van der Waals surface area contributed by atoms with Crippen LogP contribution in [-0.2, 0) is 4.79 Å². The van der Waals surface area contributed by atoms with E-state index < -0.39 is 30.3 Å². The summed E-state index contributed by atoms with van der Waals surface area (Å²) in [5.74, 6) is -3.86. The molecule has 1 atom stereocenters. The van der Waals surface area contributed by atoms with Crippen LogP contribution in [0.5, 0.6) is 0 Å². The largest absolute Gasteiger partial charge is 0.341 e. The first-order valence-electron chi connectivity index (χ1n) is 7.83. The first kappa shape index (κ1) is 17.4. The van der Waals surface area contributed by atoms with Crippen LogP contribution in [0.1, 0.15) is 39.0 Å². The Hall–Kier alpha value is -1.91. The van der Waals surface area contributed by atoms with Gasteiger partial charge in [0, 0.05) is 19.5 Å². The summed E-state index contributed by atoms with van der Waals surface area (Å²) in [7, 11) is 0. The van der Waals surface area contributed by atoms with Crippen LogP contribution in [0.15, 0.2) is 0 Å². The number of nitrogens with zero attached hydrogens (tertiary/aromatic N) is 2. The molecule has 0 aromatic heterocycles. The van der Waals surface area contributed by atoms with E-state index in [0.29, 0.717) is 25.4 Å². The van der Waals surface area contributed by atoms with Crippen molar-refractivity contribution in [3.8, 4) is 6.07 Å². The van der Waals surface area contributed by atoms with Crippen LogP contribution in [0.3, 0.4) is 0 Å². The normalized spacial score (nSPS) is 20.5. The van der Waals surface area contributed by atoms with Gasteiger partial charge in [-0.05, 0) is 38.0 Å². The number of nitrogens with one attached hydrogen (secondary N) is 2. The van der Waals surface area contributed by atoms with E-state index in [9.17, 15) is 18.4 Å². The number of piperidine rings is 1. The fourth-order valence-corrected chi connectivity index (χ4v) is 2.92. The third-order valence-corrected chi connectivity index (χ3v) is 4.59. The number of carbonyl (C=O) groups is 2. The van der Waals surface area contributed by atoms with Crippen molar-refractivity contribution < 1.29 is 18.4 Å². The van der Waals surface area contributed by atoms with E-state index in [-0.39, 0.29) is 6.54 Å². The number of halogens is 2. The van der Waals surface area contributed by atoms with Gasteiger partial charge in [0.2, 0.25) is 11.8 Å². The molecule has 1 aliphatic heterocycles. The Kier molecular flexibility index (Phi) is 5.07. The van der Waals surface area contributed by atoms with Gasteiger partial charge in [-0.25, -0.2) is 13.6 Å². The number of urea groups is 1. The summed E-state index contributed by atoms with van der Waals surface area (Å²) >= 11 is 0. The van der Waals surface area contributed by atoms with Gasteiger partial charge in [-0.1, -0.05) is 0 Å². The first-order valence-corrected chi connectivity index (χ1v) is 7.83. The summed E-state index contributed by atoms with van der Waals surface area (Å²) in [6.07, 6.45) is 3.45. The number of alkyl halides is 2. The fraction of sp³-hybridized carbons (Fsp3) is 0.800. The minimum atomic E-state index is -3.10. The molecule has 0 bridgehead atoms. The molecule has 2 N–H and O–H groups in total. The van der Waals surface area contributed by atoms with Crippen molar-refractivity contribution in [2.45, 2.75) is 51.0 Å². The maximum Gasteiger partial charge on any atom is 0.318 e. The van der Waals surface area contributed by atoms with Crippen LogP contribution in [-0.4, -0.2) is 48.4 Å². The molecule has 1 saturated carbocycles. The predicted octanol–water partition coefficient (Wildman–Crippen LogP) is 1.63. The molecule has 0 radical (unpaired) electrons. The van der Waals surface area contributed by atoms with Crippen molar-refractivity contribution in [1.82, 2.24) is 15.5 Å². The SMILES string of the molecule is CC(F)(F)CC(NC(=O)N1CCC2(CC1)CC2)C(=O)NCC#N. The number of rotatable bonds is 5. The Morgan fingerprint density at radius 3 is 2.39 bits per heavy atom. The van der Waals surface area contributed by atoms with Crippen molar-refractivity contribution in [3.05, 3.63) is 0 Å². The highest BCUT2D eigenvalue weighted by atomic mass is 19.3. The topological polar surface area (TPSA) is 85.2 Å². The summed E-state index contributed by atoms with van der Waals surface area (Å²) in [4.78, 5) is 25.7. The zero-order valence-electron chi connectivity index (χ0n) is 13.2. The van der Waals surface area contributed by atoms with Crippen molar-refractivity contribution in [1.29, 1.82) is 5.26 Å². The molecular formula is C15H22F2N4O2. The maximum absolute atomic E-state index is 13.2. The van der Waals surface area contributed by atoms with Crippen molar-refractivity contribution >= 4 is 11.9 Å². The molecule has 1 saturated heterocycles. The molecule has 6 nitrogen and oxygen atoms in total. The highest BCUT2D eigenvalue weighted by Crippen LogP contribution is 2.53. The average molecular weight is 328 g/mol. The highest BCUT2D eigenvalue weighted by molar-refractivity contribution is 5.87. The molecule has 1 spiro atoms. The van der Waals surface area contributed by atoms with E-state index in [4.69, 9.17) is 5.26 Å². The molecule has 8 heteroatoms. The Balaban J connectivity index is 1.91. The first-order chi connectivity index (χ1) is 10.7. The molecule has 1 heterocycles. The third kappa shape index (κ3) is 5.05. The van der Waals surface area contributed by atoms with Crippen LogP contribution >= 0.6 is 0 Å².